The van der Waals surface area contributed by atoms with Gasteiger partial charge in [-0.25, -0.2) is 14.9 Å². The average Bonchev–Trinajstić information content (AvgIpc) is 3.17. The monoisotopic (exact) mass is 474 g/mol. The first-order chi connectivity index (χ1) is 16.0. The van der Waals surface area contributed by atoms with Crippen LogP contribution in [0, 0.1) is 6.92 Å². The van der Waals surface area contributed by atoms with Gasteiger partial charge in [-0.3, -0.25) is 9.59 Å². The second-order valence-electron chi connectivity index (χ2n) is 7.67. The predicted octanol–water partition coefficient (Wildman–Crippen LogP) is 5.35. The number of aliphatic imine (C=N–C) groups is 2. The number of para-hydroxylation sites is 1. The maximum absolute atomic E-state index is 13.4. The van der Waals surface area contributed by atoms with Crippen molar-refractivity contribution in [2.45, 2.75) is 13.0 Å². The number of halogens is 1. The molecule has 2 amide bonds. The number of carbonyl (C=O) groups excluding carboxylic acids is 2. The van der Waals surface area contributed by atoms with E-state index in [2.05, 4.69) is 10.3 Å². The average molecular weight is 475 g/mol. The maximum atomic E-state index is 13.4. The topological polar surface area (TPSA) is 74.1 Å². The minimum Gasteiger partial charge on any atom is -0.324 e. The highest BCUT2D eigenvalue weighted by molar-refractivity contribution is 8.14. The molecule has 0 saturated heterocycles. The lowest BCUT2D eigenvalue weighted by Gasteiger charge is -2.25. The number of nitrogens with one attached hydrogen (secondary N) is 1. The number of amidine groups is 2. The van der Waals surface area contributed by atoms with Gasteiger partial charge in [-0.1, -0.05) is 71.9 Å². The molecule has 0 saturated carbocycles. The van der Waals surface area contributed by atoms with E-state index >= 15 is 0 Å². The van der Waals surface area contributed by atoms with E-state index in [0.717, 1.165) is 22.4 Å². The van der Waals surface area contributed by atoms with E-state index in [1.807, 2.05) is 67.6 Å². The SMILES string of the molecule is Cc1ccc(NC(=O)CSC2=Nc3ccccc3C3=NC(c4ccccc4)C(=O)N23)c(Cl)c1. The number of nitrogens with zero attached hydrogens (tertiary/aromatic N) is 3. The van der Waals surface area contributed by atoms with Crippen LogP contribution in [0.25, 0.3) is 0 Å². The molecule has 1 atom stereocenters. The zero-order chi connectivity index (χ0) is 22.9. The van der Waals surface area contributed by atoms with Crippen molar-refractivity contribution < 1.29 is 9.59 Å². The zero-order valence-electron chi connectivity index (χ0n) is 17.7. The molecule has 2 aliphatic rings. The summed E-state index contributed by atoms with van der Waals surface area (Å²) in [7, 11) is 0. The van der Waals surface area contributed by atoms with Crippen molar-refractivity contribution in [1.29, 1.82) is 0 Å². The fourth-order valence-electron chi connectivity index (χ4n) is 3.74. The van der Waals surface area contributed by atoms with Crippen LogP contribution in [0.5, 0.6) is 0 Å². The highest BCUT2D eigenvalue weighted by atomic mass is 35.5. The van der Waals surface area contributed by atoms with Crippen molar-refractivity contribution >= 4 is 57.6 Å². The molecule has 33 heavy (non-hydrogen) atoms. The second kappa shape index (κ2) is 8.84. The Bertz CT molecular complexity index is 1320. The van der Waals surface area contributed by atoms with Crippen LogP contribution >= 0.6 is 23.4 Å². The standard InChI is InChI=1S/C25H19ClN4O2S/c1-15-11-12-20(18(26)13-15)27-21(31)14-33-25-28-19-10-6-5-9-17(19)23-29-22(24(32)30(23)25)16-7-3-2-4-8-16/h2-13,22H,14H2,1H3,(H,27,31). The number of aryl methyl sites for hydroxylation is 1. The van der Waals surface area contributed by atoms with Crippen molar-refractivity contribution in [1.82, 2.24) is 4.90 Å². The van der Waals surface area contributed by atoms with E-state index in [1.165, 1.54) is 16.7 Å². The number of carbonyl (C=O) groups is 2. The van der Waals surface area contributed by atoms with Crippen LogP contribution in [-0.2, 0) is 9.59 Å². The van der Waals surface area contributed by atoms with Crippen LogP contribution in [0.1, 0.15) is 22.7 Å². The van der Waals surface area contributed by atoms with E-state index in [1.54, 1.807) is 12.1 Å². The molecule has 3 aromatic rings. The normalized spacial score (nSPS) is 16.6. The van der Waals surface area contributed by atoms with Crippen molar-refractivity contribution in [3.05, 3.63) is 94.5 Å². The molecule has 2 aliphatic heterocycles. The van der Waals surface area contributed by atoms with Gasteiger partial charge in [-0.2, -0.15) is 0 Å². The van der Waals surface area contributed by atoms with Gasteiger partial charge in [0.2, 0.25) is 5.91 Å². The van der Waals surface area contributed by atoms with Gasteiger partial charge in [0.15, 0.2) is 11.2 Å². The quantitative estimate of drug-likeness (QED) is 0.553. The van der Waals surface area contributed by atoms with Gasteiger partial charge in [0.25, 0.3) is 5.91 Å². The number of thioether (sulfide) groups is 1. The van der Waals surface area contributed by atoms with Gasteiger partial charge in [0.05, 0.1) is 22.2 Å². The van der Waals surface area contributed by atoms with Gasteiger partial charge in [-0.15, -0.1) is 0 Å². The summed E-state index contributed by atoms with van der Waals surface area (Å²) >= 11 is 7.43. The Hall–Kier alpha value is -3.42. The minimum atomic E-state index is -0.640. The predicted molar refractivity (Wildman–Crippen MR) is 133 cm³/mol. The van der Waals surface area contributed by atoms with Gasteiger partial charge in [0, 0.05) is 5.56 Å². The number of anilines is 1. The lowest BCUT2D eigenvalue weighted by atomic mass is 10.1. The Labute approximate surface area is 200 Å². The molecule has 5 rings (SSSR count). The fourth-order valence-corrected chi connectivity index (χ4v) is 4.82. The second-order valence-corrected chi connectivity index (χ2v) is 9.02. The van der Waals surface area contributed by atoms with Crippen molar-refractivity contribution in [3.63, 3.8) is 0 Å². The summed E-state index contributed by atoms with van der Waals surface area (Å²) in [6, 6.07) is 21.8. The highest BCUT2D eigenvalue weighted by Gasteiger charge is 2.42. The first-order valence-electron chi connectivity index (χ1n) is 10.3. The summed E-state index contributed by atoms with van der Waals surface area (Å²) in [6.45, 7) is 1.93. The third kappa shape index (κ3) is 4.17. The Balaban J connectivity index is 1.40. The van der Waals surface area contributed by atoms with Crippen LogP contribution in [0.15, 0.2) is 82.8 Å². The minimum absolute atomic E-state index is 0.0677. The summed E-state index contributed by atoms with van der Waals surface area (Å²) in [5.74, 6) is 0.207. The molecule has 0 spiro atoms. The molecule has 0 fully saturated rings. The Kier molecular flexibility index (Phi) is 5.74. The molecular weight excluding hydrogens is 456 g/mol. The number of amides is 2. The molecule has 8 heteroatoms. The molecule has 0 aliphatic carbocycles. The Morgan fingerprint density at radius 3 is 2.64 bits per heavy atom. The van der Waals surface area contributed by atoms with E-state index < -0.39 is 6.04 Å². The number of hydrogen-bond donors (Lipinski definition) is 1. The summed E-state index contributed by atoms with van der Waals surface area (Å²) < 4.78 is 0. The number of rotatable bonds is 4. The van der Waals surface area contributed by atoms with Crippen LogP contribution in [0.4, 0.5) is 11.4 Å². The number of fused-ring (bicyclic) bond motifs is 3. The van der Waals surface area contributed by atoms with Gasteiger partial charge < -0.3 is 5.32 Å². The van der Waals surface area contributed by atoms with Crippen LogP contribution in [-0.4, -0.2) is 33.5 Å². The molecule has 0 aromatic heterocycles. The van der Waals surface area contributed by atoms with Crippen LogP contribution in [0.2, 0.25) is 5.02 Å². The first kappa shape index (κ1) is 21.4. The molecule has 2 heterocycles. The maximum Gasteiger partial charge on any atom is 0.263 e. The fraction of sp³-hybridized carbons (Fsp3) is 0.120. The molecule has 1 N–H and O–H groups in total. The first-order valence-corrected chi connectivity index (χ1v) is 11.7. The smallest absolute Gasteiger partial charge is 0.263 e. The summed E-state index contributed by atoms with van der Waals surface area (Å²) in [5.41, 5.74) is 3.89. The van der Waals surface area contributed by atoms with Gasteiger partial charge in [0.1, 0.15) is 5.84 Å². The van der Waals surface area contributed by atoms with Crippen LogP contribution < -0.4 is 5.32 Å². The molecule has 0 bridgehead atoms. The summed E-state index contributed by atoms with van der Waals surface area (Å²) in [6.07, 6.45) is 0. The van der Waals surface area contributed by atoms with E-state index in [9.17, 15) is 9.59 Å². The summed E-state index contributed by atoms with van der Waals surface area (Å²) in [5, 5.41) is 3.73. The number of hydrogen-bond acceptors (Lipinski definition) is 5. The van der Waals surface area contributed by atoms with E-state index in [4.69, 9.17) is 16.6 Å². The Morgan fingerprint density at radius 1 is 1.09 bits per heavy atom. The lowest BCUT2D eigenvalue weighted by molar-refractivity contribution is -0.124. The molecule has 3 aromatic carbocycles. The van der Waals surface area contributed by atoms with Gasteiger partial charge >= 0.3 is 0 Å². The van der Waals surface area contributed by atoms with E-state index in [0.29, 0.717) is 21.7 Å². The van der Waals surface area contributed by atoms with Crippen molar-refractivity contribution in [2.75, 3.05) is 11.1 Å². The van der Waals surface area contributed by atoms with E-state index in [-0.39, 0.29) is 17.6 Å². The molecule has 6 nitrogen and oxygen atoms in total. The largest absolute Gasteiger partial charge is 0.324 e. The van der Waals surface area contributed by atoms with Crippen LogP contribution in [0.3, 0.4) is 0 Å². The third-order valence-corrected chi connectivity index (χ3v) is 6.57. The summed E-state index contributed by atoms with van der Waals surface area (Å²) in [4.78, 5) is 36.9. The van der Waals surface area contributed by atoms with Crippen molar-refractivity contribution in [3.8, 4) is 0 Å². The highest BCUT2D eigenvalue weighted by Crippen LogP contribution is 2.37. The molecule has 0 radical (unpaired) electrons. The zero-order valence-corrected chi connectivity index (χ0v) is 19.2. The molecule has 164 valence electrons. The molecule has 1 unspecified atom stereocenters. The van der Waals surface area contributed by atoms with Crippen molar-refractivity contribution in [2.24, 2.45) is 9.98 Å². The Morgan fingerprint density at radius 2 is 1.85 bits per heavy atom. The third-order valence-electron chi connectivity index (χ3n) is 5.32. The molecular formula is C25H19ClN4O2S. The lowest BCUT2D eigenvalue weighted by Crippen LogP contribution is -2.40. The van der Waals surface area contributed by atoms with Gasteiger partial charge in [-0.05, 0) is 42.3 Å². The number of benzene rings is 3.